The molecule has 0 aliphatic carbocycles. The molecule has 0 aromatic heterocycles. The molecule has 2 aliphatic heterocycles. The van der Waals surface area contributed by atoms with Crippen molar-refractivity contribution in [2.24, 2.45) is 5.92 Å². The lowest BCUT2D eigenvalue weighted by atomic mass is 9.96. The largest absolute Gasteiger partial charge is 0.340 e. The third-order valence-electron chi connectivity index (χ3n) is 5.61. The van der Waals surface area contributed by atoms with E-state index in [1.54, 1.807) is 4.31 Å². The zero-order valence-corrected chi connectivity index (χ0v) is 16.5. The predicted octanol–water partition coefficient (Wildman–Crippen LogP) is 1.31. The van der Waals surface area contributed by atoms with Gasteiger partial charge in [-0.3, -0.25) is 4.79 Å². The highest BCUT2D eigenvalue weighted by Gasteiger charge is 2.33. The Hall–Kier alpha value is -1.44. The van der Waals surface area contributed by atoms with Crippen molar-refractivity contribution in [3.8, 4) is 0 Å². The van der Waals surface area contributed by atoms with E-state index < -0.39 is 10.0 Å². The Morgan fingerprint density at radius 2 is 1.65 bits per heavy atom. The number of carbonyl (C=O) groups is 1. The Labute approximate surface area is 156 Å². The summed E-state index contributed by atoms with van der Waals surface area (Å²) in [5.41, 5.74) is 1.85. The van der Waals surface area contributed by atoms with Crippen LogP contribution in [0.4, 0.5) is 0 Å². The average molecular weight is 380 g/mol. The summed E-state index contributed by atoms with van der Waals surface area (Å²) in [4.78, 5) is 16.9. The second-order valence-corrected chi connectivity index (χ2v) is 9.45. The number of aryl methyl sites for hydroxylation is 1. The average Bonchev–Trinajstić information content (AvgIpc) is 2.64. The van der Waals surface area contributed by atoms with Gasteiger partial charge in [-0.1, -0.05) is 24.3 Å². The Morgan fingerprint density at radius 1 is 1.04 bits per heavy atom. The summed E-state index contributed by atoms with van der Waals surface area (Å²) in [6.45, 7) is 6.20. The molecule has 0 saturated carbocycles. The molecule has 2 fully saturated rings. The summed E-state index contributed by atoms with van der Waals surface area (Å²) in [6.07, 6.45) is 1.25. The van der Waals surface area contributed by atoms with Gasteiger partial charge in [-0.2, -0.15) is 0 Å². The number of piperidine rings is 1. The molecular weight excluding hydrogens is 350 g/mol. The number of benzene rings is 1. The Morgan fingerprint density at radius 3 is 2.27 bits per heavy atom. The van der Waals surface area contributed by atoms with Crippen LogP contribution < -0.4 is 0 Å². The van der Waals surface area contributed by atoms with E-state index in [1.165, 1.54) is 0 Å². The summed E-state index contributed by atoms with van der Waals surface area (Å²) >= 11 is 0. The number of hydrogen-bond donors (Lipinski definition) is 0. The lowest BCUT2D eigenvalue weighted by molar-refractivity contribution is -0.138. The number of amides is 1. The van der Waals surface area contributed by atoms with E-state index in [-0.39, 0.29) is 17.6 Å². The third-order valence-corrected chi connectivity index (χ3v) is 7.44. The molecule has 0 bridgehead atoms. The first-order valence-corrected chi connectivity index (χ1v) is 11.0. The molecule has 0 spiro atoms. The Kier molecular flexibility index (Phi) is 5.99. The van der Waals surface area contributed by atoms with Gasteiger partial charge in [0.15, 0.2) is 0 Å². The number of sulfonamides is 1. The van der Waals surface area contributed by atoms with Gasteiger partial charge in [0.25, 0.3) is 0 Å². The van der Waals surface area contributed by atoms with Crippen LogP contribution in [0.1, 0.15) is 24.0 Å². The van der Waals surface area contributed by atoms with Crippen LogP contribution in [-0.2, 0) is 20.6 Å². The van der Waals surface area contributed by atoms with Crippen molar-refractivity contribution >= 4 is 15.9 Å². The van der Waals surface area contributed by atoms with Gasteiger partial charge in [-0.25, -0.2) is 12.7 Å². The molecular formula is C19H29N3O3S. The van der Waals surface area contributed by atoms with E-state index in [0.717, 1.165) is 37.3 Å². The van der Waals surface area contributed by atoms with Crippen molar-refractivity contribution in [2.45, 2.75) is 25.5 Å². The third kappa shape index (κ3) is 4.45. The Balaban J connectivity index is 1.56. The molecule has 1 aromatic carbocycles. The van der Waals surface area contributed by atoms with Gasteiger partial charge in [0, 0.05) is 45.2 Å². The number of piperazine rings is 1. The Bertz CT molecular complexity index is 734. The zero-order valence-electron chi connectivity index (χ0n) is 15.7. The first kappa shape index (κ1) is 19.3. The summed E-state index contributed by atoms with van der Waals surface area (Å²) in [7, 11) is -1.27. The van der Waals surface area contributed by atoms with Crippen LogP contribution in [0.5, 0.6) is 0 Å². The fourth-order valence-corrected chi connectivity index (χ4v) is 5.39. The normalized spacial score (nSPS) is 21.1. The molecule has 0 atom stereocenters. The van der Waals surface area contributed by atoms with Crippen LogP contribution in [0.15, 0.2) is 24.3 Å². The molecule has 2 aliphatic rings. The predicted molar refractivity (Wildman–Crippen MR) is 102 cm³/mol. The van der Waals surface area contributed by atoms with Crippen molar-refractivity contribution in [1.82, 2.24) is 14.1 Å². The maximum atomic E-state index is 12.7. The molecule has 1 aromatic rings. The van der Waals surface area contributed by atoms with Gasteiger partial charge in [-0.15, -0.1) is 0 Å². The molecule has 7 heteroatoms. The van der Waals surface area contributed by atoms with Crippen molar-refractivity contribution in [2.75, 3.05) is 46.3 Å². The molecule has 0 N–H and O–H groups in total. The SMILES string of the molecule is Cc1ccccc1CS(=O)(=O)N1CCC(C(=O)N2CCN(C)CC2)CC1. The molecule has 2 saturated heterocycles. The van der Waals surface area contributed by atoms with Gasteiger partial charge < -0.3 is 9.80 Å². The summed E-state index contributed by atoms with van der Waals surface area (Å²) in [5.74, 6) is 0.203. The highest BCUT2D eigenvalue weighted by Crippen LogP contribution is 2.24. The first-order valence-electron chi connectivity index (χ1n) is 9.36. The quantitative estimate of drug-likeness (QED) is 0.791. The minimum Gasteiger partial charge on any atom is -0.340 e. The number of rotatable bonds is 4. The zero-order chi connectivity index (χ0) is 18.7. The van der Waals surface area contributed by atoms with E-state index in [2.05, 4.69) is 11.9 Å². The first-order chi connectivity index (χ1) is 12.4. The minimum absolute atomic E-state index is 0.0384. The molecule has 1 amide bonds. The van der Waals surface area contributed by atoms with Gasteiger partial charge in [0.1, 0.15) is 0 Å². The van der Waals surface area contributed by atoms with Crippen LogP contribution in [0.3, 0.4) is 0 Å². The van der Waals surface area contributed by atoms with E-state index in [4.69, 9.17) is 0 Å². The van der Waals surface area contributed by atoms with Crippen molar-refractivity contribution in [3.05, 3.63) is 35.4 Å². The highest BCUT2D eigenvalue weighted by molar-refractivity contribution is 7.88. The number of carbonyl (C=O) groups excluding carboxylic acids is 1. The maximum absolute atomic E-state index is 12.7. The van der Waals surface area contributed by atoms with Crippen LogP contribution in [-0.4, -0.2) is 74.7 Å². The number of likely N-dealkylation sites (N-methyl/N-ethyl adjacent to an activating group) is 1. The highest BCUT2D eigenvalue weighted by atomic mass is 32.2. The second kappa shape index (κ2) is 8.06. The number of hydrogen-bond acceptors (Lipinski definition) is 4. The summed E-state index contributed by atoms with van der Waals surface area (Å²) < 4.78 is 27.1. The van der Waals surface area contributed by atoms with Gasteiger partial charge in [0.2, 0.25) is 15.9 Å². The maximum Gasteiger partial charge on any atom is 0.225 e. The number of nitrogens with zero attached hydrogens (tertiary/aromatic N) is 3. The van der Waals surface area contributed by atoms with Gasteiger partial charge in [0.05, 0.1) is 5.75 Å². The standard InChI is InChI=1S/C19H29N3O3S/c1-16-5-3-4-6-18(16)15-26(24,25)22-9-7-17(8-10-22)19(23)21-13-11-20(2)12-14-21/h3-6,17H,7-15H2,1-2H3. The minimum atomic E-state index is -3.34. The second-order valence-electron chi connectivity index (χ2n) is 7.48. The fraction of sp³-hybridized carbons (Fsp3) is 0.632. The van der Waals surface area contributed by atoms with Gasteiger partial charge in [-0.05, 0) is 37.9 Å². The van der Waals surface area contributed by atoms with Crippen LogP contribution >= 0.6 is 0 Å². The molecule has 3 rings (SSSR count). The van der Waals surface area contributed by atoms with Crippen molar-refractivity contribution in [1.29, 1.82) is 0 Å². The molecule has 26 heavy (non-hydrogen) atoms. The summed E-state index contributed by atoms with van der Waals surface area (Å²) in [5, 5.41) is 0. The van der Waals surface area contributed by atoms with Crippen LogP contribution in [0, 0.1) is 12.8 Å². The molecule has 144 valence electrons. The van der Waals surface area contributed by atoms with E-state index >= 15 is 0 Å². The van der Waals surface area contributed by atoms with E-state index in [9.17, 15) is 13.2 Å². The lowest BCUT2D eigenvalue weighted by Crippen LogP contribution is -2.51. The lowest BCUT2D eigenvalue weighted by Gasteiger charge is -2.37. The summed E-state index contributed by atoms with van der Waals surface area (Å²) in [6, 6.07) is 7.60. The van der Waals surface area contributed by atoms with Crippen molar-refractivity contribution in [3.63, 3.8) is 0 Å². The smallest absolute Gasteiger partial charge is 0.225 e. The van der Waals surface area contributed by atoms with Crippen molar-refractivity contribution < 1.29 is 13.2 Å². The van der Waals surface area contributed by atoms with Gasteiger partial charge >= 0.3 is 0 Å². The molecule has 0 radical (unpaired) electrons. The fourth-order valence-electron chi connectivity index (χ4n) is 3.73. The van der Waals surface area contributed by atoms with Crippen LogP contribution in [0.25, 0.3) is 0 Å². The van der Waals surface area contributed by atoms with E-state index in [0.29, 0.717) is 25.9 Å². The topological polar surface area (TPSA) is 60.9 Å². The monoisotopic (exact) mass is 379 g/mol. The van der Waals surface area contributed by atoms with Crippen LogP contribution in [0.2, 0.25) is 0 Å². The molecule has 2 heterocycles. The molecule has 0 unspecified atom stereocenters. The van der Waals surface area contributed by atoms with E-state index in [1.807, 2.05) is 36.1 Å². The molecule has 6 nitrogen and oxygen atoms in total.